The third kappa shape index (κ3) is 2.89. The zero-order valence-corrected chi connectivity index (χ0v) is 8.65. The van der Waals surface area contributed by atoms with E-state index in [1.54, 1.807) is 0 Å². The molecule has 15 heavy (non-hydrogen) atoms. The van der Waals surface area contributed by atoms with Gasteiger partial charge in [0.25, 0.3) is 5.69 Å². The Bertz CT molecular complexity index is 370. The van der Waals surface area contributed by atoms with Crippen LogP contribution in [-0.2, 0) is 0 Å². The van der Waals surface area contributed by atoms with Crippen molar-refractivity contribution in [3.8, 4) is 0 Å². The van der Waals surface area contributed by atoms with Crippen molar-refractivity contribution in [2.24, 2.45) is 5.73 Å². The average molecular weight is 231 g/mol. The van der Waals surface area contributed by atoms with Crippen molar-refractivity contribution in [3.05, 3.63) is 38.9 Å². The van der Waals surface area contributed by atoms with Crippen LogP contribution in [-0.4, -0.2) is 16.6 Å². The third-order valence-corrected chi connectivity index (χ3v) is 2.22. The molecule has 1 aromatic carbocycles. The van der Waals surface area contributed by atoms with Crippen LogP contribution in [0.2, 0.25) is 5.02 Å². The van der Waals surface area contributed by atoms with Gasteiger partial charge in [-0.25, -0.2) is 0 Å². The van der Waals surface area contributed by atoms with Gasteiger partial charge >= 0.3 is 0 Å². The summed E-state index contributed by atoms with van der Waals surface area (Å²) in [5.41, 5.74) is 5.34. The molecule has 82 valence electrons. The molecule has 1 aromatic rings. The summed E-state index contributed by atoms with van der Waals surface area (Å²) >= 11 is 5.70. The summed E-state index contributed by atoms with van der Waals surface area (Å²) in [6.45, 7) is 0.255. The van der Waals surface area contributed by atoms with Gasteiger partial charge in [0.05, 0.1) is 16.6 Å². The third-order valence-electron chi connectivity index (χ3n) is 1.99. The van der Waals surface area contributed by atoms with Gasteiger partial charge in [0.2, 0.25) is 0 Å². The summed E-state index contributed by atoms with van der Waals surface area (Å²) in [5, 5.41) is 20.6. The monoisotopic (exact) mass is 230 g/mol. The highest BCUT2D eigenvalue weighted by atomic mass is 35.5. The highest BCUT2D eigenvalue weighted by molar-refractivity contribution is 6.30. The molecule has 6 heteroatoms. The van der Waals surface area contributed by atoms with E-state index in [1.165, 1.54) is 18.2 Å². The van der Waals surface area contributed by atoms with E-state index in [4.69, 9.17) is 17.3 Å². The molecule has 0 saturated carbocycles. The van der Waals surface area contributed by atoms with Crippen LogP contribution in [0.1, 0.15) is 18.1 Å². The van der Waals surface area contributed by atoms with Crippen molar-refractivity contribution in [2.75, 3.05) is 6.54 Å². The Morgan fingerprint density at radius 3 is 2.80 bits per heavy atom. The fraction of sp³-hybridized carbons (Fsp3) is 0.333. The van der Waals surface area contributed by atoms with Crippen molar-refractivity contribution in [1.82, 2.24) is 0 Å². The molecule has 0 amide bonds. The first kappa shape index (κ1) is 11.9. The number of nitrogens with zero attached hydrogens (tertiary/aromatic N) is 1. The molecule has 1 rings (SSSR count). The summed E-state index contributed by atoms with van der Waals surface area (Å²) in [7, 11) is 0. The normalized spacial score (nSPS) is 12.5. The lowest BCUT2D eigenvalue weighted by Gasteiger charge is -2.10. The van der Waals surface area contributed by atoms with Gasteiger partial charge in [-0.05, 0) is 25.1 Å². The molecule has 3 N–H and O–H groups in total. The first-order chi connectivity index (χ1) is 7.06. The number of halogens is 1. The topological polar surface area (TPSA) is 89.4 Å². The maximum atomic E-state index is 10.7. The first-order valence-corrected chi connectivity index (χ1v) is 4.76. The van der Waals surface area contributed by atoms with E-state index in [9.17, 15) is 15.2 Å². The van der Waals surface area contributed by atoms with Crippen LogP contribution in [0, 0.1) is 10.1 Å². The number of nitrogens with two attached hydrogens (primary N) is 1. The number of aliphatic hydroxyl groups excluding tert-OH is 1. The quantitative estimate of drug-likeness (QED) is 0.608. The van der Waals surface area contributed by atoms with Crippen LogP contribution >= 0.6 is 11.6 Å². The number of aliphatic hydroxyl groups is 1. The molecule has 0 aliphatic carbocycles. The van der Waals surface area contributed by atoms with Crippen LogP contribution in [0.15, 0.2) is 18.2 Å². The predicted octanol–water partition coefficient (Wildman–Crippen LogP) is 1.63. The number of nitro benzene ring substituents is 1. The lowest BCUT2D eigenvalue weighted by molar-refractivity contribution is -0.386. The second-order valence-corrected chi connectivity index (χ2v) is 3.49. The zero-order chi connectivity index (χ0) is 11.4. The lowest BCUT2D eigenvalue weighted by Crippen LogP contribution is -2.08. The van der Waals surface area contributed by atoms with Crippen molar-refractivity contribution in [3.63, 3.8) is 0 Å². The van der Waals surface area contributed by atoms with Crippen LogP contribution in [0.25, 0.3) is 0 Å². The molecular formula is C9H11ClN2O3. The Balaban J connectivity index is 3.12. The van der Waals surface area contributed by atoms with Crippen molar-refractivity contribution >= 4 is 17.3 Å². The molecule has 0 spiro atoms. The largest absolute Gasteiger partial charge is 0.388 e. The minimum Gasteiger partial charge on any atom is -0.388 e. The summed E-state index contributed by atoms with van der Waals surface area (Å²) in [6.07, 6.45) is -0.685. The first-order valence-electron chi connectivity index (χ1n) is 4.38. The fourth-order valence-electron chi connectivity index (χ4n) is 1.27. The molecule has 0 heterocycles. The molecule has 0 aliphatic rings. The van der Waals surface area contributed by atoms with Crippen LogP contribution < -0.4 is 5.73 Å². The minimum atomic E-state index is -0.950. The lowest BCUT2D eigenvalue weighted by atomic mass is 10.0. The standard InChI is InChI=1S/C9H11ClN2O3/c10-6-1-2-8(12(14)15)7(5-6)9(13)3-4-11/h1-2,5,9,13H,3-4,11H2/t9-/m1/s1. The van der Waals surface area contributed by atoms with E-state index in [1.807, 2.05) is 0 Å². The Hall–Kier alpha value is -1.17. The molecule has 5 nitrogen and oxygen atoms in total. The van der Waals surface area contributed by atoms with E-state index >= 15 is 0 Å². The maximum absolute atomic E-state index is 10.7. The SMILES string of the molecule is NCC[C@@H](O)c1cc(Cl)ccc1[N+](=O)[O-]. The molecule has 0 aliphatic heterocycles. The zero-order valence-electron chi connectivity index (χ0n) is 7.89. The predicted molar refractivity (Wildman–Crippen MR) is 56.7 cm³/mol. The molecule has 0 unspecified atom stereocenters. The highest BCUT2D eigenvalue weighted by Crippen LogP contribution is 2.29. The molecule has 0 radical (unpaired) electrons. The molecule has 1 atom stereocenters. The van der Waals surface area contributed by atoms with Gasteiger partial charge in [-0.2, -0.15) is 0 Å². The molecule has 0 bridgehead atoms. The maximum Gasteiger partial charge on any atom is 0.275 e. The Morgan fingerprint density at radius 2 is 2.27 bits per heavy atom. The van der Waals surface area contributed by atoms with E-state index in [0.29, 0.717) is 5.02 Å². The van der Waals surface area contributed by atoms with Gasteiger partial charge in [-0.15, -0.1) is 0 Å². The fourth-order valence-corrected chi connectivity index (χ4v) is 1.45. The Morgan fingerprint density at radius 1 is 1.60 bits per heavy atom. The van der Waals surface area contributed by atoms with Crippen LogP contribution in [0.5, 0.6) is 0 Å². The molecular weight excluding hydrogens is 220 g/mol. The van der Waals surface area contributed by atoms with Gasteiger partial charge < -0.3 is 10.8 Å². The van der Waals surface area contributed by atoms with Gasteiger partial charge in [-0.3, -0.25) is 10.1 Å². The number of hydrogen-bond acceptors (Lipinski definition) is 4. The van der Waals surface area contributed by atoms with Crippen molar-refractivity contribution in [1.29, 1.82) is 0 Å². The summed E-state index contributed by atoms with van der Waals surface area (Å²) < 4.78 is 0. The molecule has 0 fully saturated rings. The number of nitro groups is 1. The van der Waals surface area contributed by atoms with E-state index in [-0.39, 0.29) is 24.2 Å². The van der Waals surface area contributed by atoms with Crippen LogP contribution in [0.4, 0.5) is 5.69 Å². The van der Waals surface area contributed by atoms with Gasteiger partial charge in [0, 0.05) is 11.1 Å². The second kappa shape index (κ2) is 5.06. The van der Waals surface area contributed by atoms with E-state index < -0.39 is 11.0 Å². The summed E-state index contributed by atoms with van der Waals surface area (Å²) in [4.78, 5) is 10.1. The number of hydrogen-bond donors (Lipinski definition) is 2. The minimum absolute atomic E-state index is 0.139. The van der Waals surface area contributed by atoms with E-state index in [2.05, 4.69) is 0 Å². The van der Waals surface area contributed by atoms with Gasteiger partial charge in [0.15, 0.2) is 0 Å². The number of rotatable bonds is 4. The van der Waals surface area contributed by atoms with Crippen molar-refractivity contribution in [2.45, 2.75) is 12.5 Å². The second-order valence-electron chi connectivity index (χ2n) is 3.05. The van der Waals surface area contributed by atoms with E-state index in [0.717, 1.165) is 0 Å². The van der Waals surface area contributed by atoms with Gasteiger partial charge in [0.1, 0.15) is 0 Å². The smallest absolute Gasteiger partial charge is 0.275 e. The Labute approximate surface area is 91.6 Å². The molecule has 0 aromatic heterocycles. The molecule has 0 saturated heterocycles. The Kier molecular flexibility index (Phi) is 4.02. The summed E-state index contributed by atoms with van der Waals surface area (Å²) in [5.74, 6) is 0. The van der Waals surface area contributed by atoms with Gasteiger partial charge in [-0.1, -0.05) is 11.6 Å². The number of benzene rings is 1. The average Bonchev–Trinajstić information content (AvgIpc) is 2.17. The van der Waals surface area contributed by atoms with Crippen LogP contribution in [0.3, 0.4) is 0 Å². The summed E-state index contributed by atoms with van der Waals surface area (Å²) in [6, 6.07) is 4.08. The van der Waals surface area contributed by atoms with Crippen molar-refractivity contribution < 1.29 is 10.0 Å². The highest BCUT2D eigenvalue weighted by Gasteiger charge is 2.19.